The minimum absolute atomic E-state index is 0.368. The molecule has 0 aromatic heterocycles. The fourth-order valence-electron chi connectivity index (χ4n) is 1.85. The molecule has 0 aromatic rings. The number of nitrogens with zero attached hydrogens (tertiary/aromatic N) is 2. The number of hydrogen-bond donors (Lipinski definition) is 0. The fourth-order valence-corrected chi connectivity index (χ4v) is 1.85. The zero-order valence-electron chi connectivity index (χ0n) is 10.7. The number of rotatable bonds is 3. The van der Waals surface area contributed by atoms with Crippen LogP contribution in [-0.4, -0.2) is 48.1 Å². The lowest BCUT2D eigenvalue weighted by molar-refractivity contribution is -0.00199. The predicted octanol–water partition coefficient (Wildman–Crippen LogP) is 2.06. The van der Waals surface area contributed by atoms with E-state index in [1.54, 1.807) is 0 Å². The Bertz CT molecular complexity index is 175. The van der Waals surface area contributed by atoms with Crippen LogP contribution < -0.4 is 0 Å². The molecule has 0 aromatic carbocycles. The third-order valence-electron chi connectivity index (χ3n) is 3.33. The van der Waals surface area contributed by atoms with Crippen molar-refractivity contribution in [3.8, 4) is 0 Å². The summed E-state index contributed by atoms with van der Waals surface area (Å²) in [6, 6.07) is 0.679. The van der Waals surface area contributed by atoms with E-state index in [1.807, 2.05) is 0 Å². The molecule has 0 atom stereocenters. The summed E-state index contributed by atoms with van der Waals surface area (Å²) in [4.78, 5) is 5.01. The van der Waals surface area contributed by atoms with Gasteiger partial charge in [0.25, 0.3) is 0 Å². The van der Waals surface area contributed by atoms with Gasteiger partial charge in [-0.15, -0.1) is 0 Å². The van der Waals surface area contributed by atoms with Gasteiger partial charge in [0.05, 0.1) is 0 Å². The highest BCUT2D eigenvalue weighted by Gasteiger charge is 2.34. The van der Waals surface area contributed by atoms with Crippen LogP contribution in [0.2, 0.25) is 0 Å². The second-order valence-corrected chi connectivity index (χ2v) is 5.98. The molecule has 1 aliphatic heterocycles. The van der Waals surface area contributed by atoms with Gasteiger partial charge in [-0.05, 0) is 47.6 Å². The summed E-state index contributed by atoms with van der Waals surface area (Å²) in [5, 5.41) is 0. The molecule has 0 bridgehead atoms. The average molecular weight is 198 g/mol. The molecule has 2 heteroatoms. The van der Waals surface area contributed by atoms with Crippen molar-refractivity contribution in [1.29, 1.82) is 0 Å². The normalized spacial score (nSPS) is 20.6. The topological polar surface area (TPSA) is 6.48 Å². The third-order valence-corrected chi connectivity index (χ3v) is 3.33. The minimum Gasteiger partial charge on any atom is -0.304 e. The maximum absolute atomic E-state index is 2.56. The van der Waals surface area contributed by atoms with Crippen LogP contribution in [0.3, 0.4) is 0 Å². The summed E-state index contributed by atoms with van der Waals surface area (Å²) >= 11 is 0. The van der Waals surface area contributed by atoms with Crippen LogP contribution in [0.1, 0.15) is 34.6 Å². The van der Waals surface area contributed by atoms with Gasteiger partial charge in [-0.25, -0.2) is 0 Å². The van der Waals surface area contributed by atoms with E-state index in [0.29, 0.717) is 11.6 Å². The highest BCUT2D eigenvalue weighted by molar-refractivity contribution is 4.89. The molecule has 2 nitrogen and oxygen atoms in total. The van der Waals surface area contributed by atoms with Crippen molar-refractivity contribution in [3.05, 3.63) is 0 Å². The molecule has 0 aliphatic carbocycles. The van der Waals surface area contributed by atoms with Crippen LogP contribution in [0.5, 0.6) is 0 Å². The molecule has 14 heavy (non-hydrogen) atoms. The van der Waals surface area contributed by atoms with Crippen molar-refractivity contribution in [2.45, 2.75) is 46.2 Å². The number of likely N-dealkylation sites (tertiary alicyclic amines) is 1. The van der Waals surface area contributed by atoms with E-state index in [9.17, 15) is 0 Å². The molecule has 0 unspecified atom stereocenters. The van der Waals surface area contributed by atoms with Gasteiger partial charge in [0.2, 0.25) is 0 Å². The lowest BCUT2D eigenvalue weighted by Gasteiger charge is -2.49. The van der Waals surface area contributed by atoms with E-state index in [2.05, 4.69) is 51.5 Å². The van der Waals surface area contributed by atoms with Gasteiger partial charge in [-0.2, -0.15) is 0 Å². The maximum atomic E-state index is 2.56. The molecule has 0 saturated carbocycles. The summed E-state index contributed by atoms with van der Waals surface area (Å²) in [5.74, 6) is 0.890. The Hall–Kier alpha value is -0.0800. The van der Waals surface area contributed by atoms with Crippen LogP contribution in [-0.2, 0) is 0 Å². The van der Waals surface area contributed by atoms with Crippen LogP contribution >= 0.6 is 0 Å². The second kappa shape index (κ2) is 4.19. The molecule has 0 radical (unpaired) electrons. The molecule has 0 spiro atoms. The van der Waals surface area contributed by atoms with Gasteiger partial charge < -0.3 is 4.90 Å². The fraction of sp³-hybridized carbons (Fsp3) is 1.00. The first-order valence-electron chi connectivity index (χ1n) is 5.76. The van der Waals surface area contributed by atoms with E-state index >= 15 is 0 Å². The molecular weight excluding hydrogens is 172 g/mol. The van der Waals surface area contributed by atoms with Gasteiger partial charge in [0.15, 0.2) is 0 Å². The molecule has 1 saturated heterocycles. The predicted molar refractivity (Wildman–Crippen MR) is 62.6 cm³/mol. The monoisotopic (exact) mass is 198 g/mol. The first kappa shape index (κ1) is 12.0. The zero-order chi connectivity index (χ0) is 10.9. The Morgan fingerprint density at radius 2 is 1.79 bits per heavy atom. The van der Waals surface area contributed by atoms with Crippen molar-refractivity contribution in [1.82, 2.24) is 9.80 Å². The molecule has 84 valence electrons. The molecule has 0 amide bonds. The van der Waals surface area contributed by atoms with Crippen molar-refractivity contribution in [2.75, 3.05) is 26.7 Å². The Morgan fingerprint density at radius 1 is 1.29 bits per heavy atom. The smallest absolute Gasteiger partial charge is 0.0125 e. The average Bonchev–Trinajstić information content (AvgIpc) is 1.92. The van der Waals surface area contributed by atoms with Crippen LogP contribution in [0.4, 0.5) is 0 Å². The highest BCUT2D eigenvalue weighted by Crippen LogP contribution is 2.25. The summed E-state index contributed by atoms with van der Waals surface area (Å²) in [6.07, 6.45) is 0. The number of hydrogen-bond acceptors (Lipinski definition) is 2. The summed E-state index contributed by atoms with van der Waals surface area (Å²) in [5.41, 5.74) is 0.368. The van der Waals surface area contributed by atoms with E-state index in [-0.39, 0.29) is 0 Å². The standard InChI is InChI=1S/C12H26N2/c1-10(2)13(6)7-11-8-14(9-11)12(3,4)5/h10-11H,7-9H2,1-6H3. The zero-order valence-corrected chi connectivity index (χ0v) is 10.7. The lowest BCUT2D eigenvalue weighted by atomic mass is 9.92. The van der Waals surface area contributed by atoms with Gasteiger partial charge in [0.1, 0.15) is 0 Å². The highest BCUT2D eigenvalue weighted by atomic mass is 15.3. The van der Waals surface area contributed by atoms with Crippen molar-refractivity contribution >= 4 is 0 Å². The van der Waals surface area contributed by atoms with Gasteiger partial charge in [0, 0.05) is 31.2 Å². The summed E-state index contributed by atoms with van der Waals surface area (Å²) in [6.45, 7) is 15.2. The van der Waals surface area contributed by atoms with Gasteiger partial charge in [-0.3, -0.25) is 4.90 Å². The van der Waals surface area contributed by atoms with Crippen LogP contribution in [0.15, 0.2) is 0 Å². The van der Waals surface area contributed by atoms with Crippen molar-refractivity contribution in [2.24, 2.45) is 5.92 Å². The minimum atomic E-state index is 0.368. The van der Waals surface area contributed by atoms with E-state index in [0.717, 1.165) is 5.92 Å². The van der Waals surface area contributed by atoms with Gasteiger partial charge in [-0.1, -0.05) is 0 Å². The third kappa shape index (κ3) is 2.96. The first-order valence-corrected chi connectivity index (χ1v) is 5.76. The van der Waals surface area contributed by atoms with Gasteiger partial charge >= 0.3 is 0 Å². The maximum Gasteiger partial charge on any atom is 0.0125 e. The van der Waals surface area contributed by atoms with Crippen molar-refractivity contribution in [3.63, 3.8) is 0 Å². The quantitative estimate of drug-likeness (QED) is 0.685. The molecule has 1 heterocycles. The second-order valence-electron chi connectivity index (χ2n) is 5.98. The molecule has 1 rings (SSSR count). The Kier molecular flexibility index (Phi) is 3.59. The summed E-state index contributed by atoms with van der Waals surface area (Å²) in [7, 11) is 2.23. The van der Waals surface area contributed by atoms with Crippen LogP contribution in [0, 0.1) is 5.92 Å². The Labute approximate surface area is 89.3 Å². The molecular formula is C12H26N2. The molecule has 1 fully saturated rings. The Balaban J connectivity index is 2.22. The van der Waals surface area contributed by atoms with Crippen LogP contribution in [0.25, 0.3) is 0 Å². The van der Waals surface area contributed by atoms with E-state index in [4.69, 9.17) is 0 Å². The molecule has 1 aliphatic rings. The van der Waals surface area contributed by atoms with E-state index in [1.165, 1.54) is 19.6 Å². The largest absolute Gasteiger partial charge is 0.304 e. The lowest BCUT2D eigenvalue weighted by Crippen LogP contribution is -2.58. The van der Waals surface area contributed by atoms with Crippen molar-refractivity contribution < 1.29 is 0 Å². The Morgan fingerprint density at radius 3 is 2.14 bits per heavy atom. The summed E-state index contributed by atoms with van der Waals surface area (Å²) < 4.78 is 0. The SMILES string of the molecule is CC(C)N(C)CC1CN(C(C)(C)C)C1. The van der Waals surface area contributed by atoms with E-state index < -0.39 is 0 Å². The molecule has 0 N–H and O–H groups in total. The first-order chi connectivity index (χ1) is 6.30.